The second-order valence-electron chi connectivity index (χ2n) is 12.8. The topological polar surface area (TPSA) is 51.8 Å². The van der Waals surface area contributed by atoms with Crippen molar-refractivity contribution in [2.75, 3.05) is 0 Å². The average Bonchev–Trinajstić information content (AvgIpc) is 3.59. The van der Waals surface area contributed by atoms with Crippen molar-refractivity contribution in [2.24, 2.45) is 0 Å². The minimum Gasteiger partial charge on any atom is -0.456 e. The summed E-state index contributed by atoms with van der Waals surface area (Å²) in [6.45, 7) is 0. The lowest BCUT2D eigenvalue weighted by atomic mass is 9.93. The standard InChI is InChI=1S/C47H29N3O/c1-2-14-31(15-3-1)45-48-46(40-24-12-26-43-44(40)39-22-8-9-25-42(39)51-43)50-47(49-45)41-29-35(28-33-16-5-7-21-38(33)41)32-18-10-19-34(27-32)37-23-11-17-30-13-4-6-20-36(30)37/h1-29H. The number of hydrogen-bond acceptors (Lipinski definition) is 4. The van der Waals surface area contributed by atoms with Gasteiger partial charge in [0.2, 0.25) is 0 Å². The van der Waals surface area contributed by atoms with Gasteiger partial charge in [-0.2, -0.15) is 0 Å². The lowest BCUT2D eigenvalue weighted by molar-refractivity contribution is 0.669. The quantitative estimate of drug-likeness (QED) is 0.186. The molecule has 2 heterocycles. The van der Waals surface area contributed by atoms with Gasteiger partial charge in [-0.25, -0.2) is 15.0 Å². The van der Waals surface area contributed by atoms with Crippen LogP contribution in [0.1, 0.15) is 0 Å². The van der Waals surface area contributed by atoms with Crippen LogP contribution in [-0.4, -0.2) is 15.0 Å². The Morgan fingerprint density at radius 3 is 1.75 bits per heavy atom. The van der Waals surface area contributed by atoms with E-state index in [1.165, 1.54) is 21.9 Å². The van der Waals surface area contributed by atoms with Crippen LogP contribution in [-0.2, 0) is 0 Å². The number of fused-ring (bicyclic) bond motifs is 5. The van der Waals surface area contributed by atoms with Crippen LogP contribution in [0, 0.1) is 0 Å². The molecule has 0 amide bonds. The first kappa shape index (κ1) is 29.0. The van der Waals surface area contributed by atoms with Crippen LogP contribution in [0.4, 0.5) is 0 Å². The maximum Gasteiger partial charge on any atom is 0.164 e. The number of nitrogens with zero attached hydrogens (tertiary/aromatic N) is 3. The first-order valence-corrected chi connectivity index (χ1v) is 17.1. The third-order valence-electron chi connectivity index (χ3n) is 9.71. The maximum atomic E-state index is 6.26. The highest BCUT2D eigenvalue weighted by atomic mass is 16.3. The molecule has 0 radical (unpaired) electrons. The molecular formula is C47H29N3O. The fraction of sp³-hybridized carbons (Fsp3) is 0. The third kappa shape index (κ3) is 5.04. The molecule has 0 saturated heterocycles. The second kappa shape index (κ2) is 11.9. The second-order valence-corrected chi connectivity index (χ2v) is 12.8. The molecule has 10 rings (SSSR count). The van der Waals surface area contributed by atoms with E-state index < -0.39 is 0 Å². The molecule has 4 nitrogen and oxygen atoms in total. The molecule has 4 heteroatoms. The van der Waals surface area contributed by atoms with Crippen molar-refractivity contribution in [1.82, 2.24) is 15.0 Å². The summed E-state index contributed by atoms with van der Waals surface area (Å²) in [5, 5.41) is 6.69. The SMILES string of the molecule is c1ccc(-c2nc(-c3cc(-c4cccc(-c5cccc6ccccc56)c4)cc4ccccc34)nc(-c3cccc4oc5ccccc5c34)n2)cc1. The van der Waals surface area contributed by atoms with Crippen molar-refractivity contribution in [1.29, 1.82) is 0 Å². The van der Waals surface area contributed by atoms with Gasteiger partial charge < -0.3 is 4.42 Å². The highest BCUT2D eigenvalue weighted by Gasteiger charge is 2.19. The molecule has 10 aromatic rings. The minimum absolute atomic E-state index is 0.600. The van der Waals surface area contributed by atoms with E-state index in [-0.39, 0.29) is 0 Å². The van der Waals surface area contributed by atoms with E-state index in [2.05, 4.69) is 115 Å². The Labute approximate surface area is 294 Å². The number of furan rings is 1. The van der Waals surface area contributed by atoms with Crippen molar-refractivity contribution in [3.63, 3.8) is 0 Å². The van der Waals surface area contributed by atoms with Gasteiger partial charge in [0, 0.05) is 27.5 Å². The van der Waals surface area contributed by atoms with E-state index >= 15 is 0 Å². The summed E-state index contributed by atoms with van der Waals surface area (Å²) in [4.78, 5) is 15.5. The van der Waals surface area contributed by atoms with Crippen LogP contribution < -0.4 is 0 Å². The highest BCUT2D eigenvalue weighted by Crippen LogP contribution is 2.39. The van der Waals surface area contributed by atoms with Crippen LogP contribution >= 0.6 is 0 Å². The van der Waals surface area contributed by atoms with Gasteiger partial charge >= 0.3 is 0 Å². The molecule has 0 aliphatic rings. The summed E-state index contributed by atoms with van der Waals surface area (Å²) in [5.41, 5.74) is 9.02. The fourth-order valence-corrected chi connectivity index (χ4v) is 7.30. The Morgan fingerprint density at radius 1 is 0.314 bits per heavy atom. The van der Waals surface area contributed by atoms with Crippen molar-refractivity contribution in [3.8, 4) is 56.4 Å². The normalized spacial score (nSPS) is 11.5. The summed E-state index contributed by atoms with van der Waals surface area (Å²) in [7, 11) is 0. The summed E-state index contributed by atoms with van der Waals surface area (Å²) in [6, 6.07) is 61.2. The molecule has 0 unspecified atom stereocenters. The van der Waals surface area contributed by atoms with Gasteiger partial charge in [0.05, 0.1) is 0 Å². The molecule has 2 aromatic heterocycles. The molecule has 238 valence electrons. The lowest BCUT2D eigenvalue weighted by Crippen LogP contribution is -2.01. The van der Waals surface area contributed by atoms with Gasteiger partial charge in [-0.1, -0.05) is 146 Å². The predicted octanol–water partition coefficient (Wildman–Crippen LogP) is 12.4. The number of benzene rings is 8. The van der Waals surface area contributed by atoms with Gasteiger partial charge in [0.1, 0.15) is 11.2 Å². The van der Waals surface area contributed by atoms with E-state index in [0.717, 1.165) is 60.5 Å². The van der Waals surface area contributed by atoms with Crippen molar-refractivity contribution in [2.45, 2.75) is 0 Å². The summed E-state index contributed by atoms with van der Waals surface area (Å²) >= 11 is 0. The Morgan fingerprint density at radius 2 is 0.882 bits per heavy atom. The molecule has 0 aliphatic heterocycles. The Kier molecular flexibility index (Phi) is 6.78. The predicted molar refractivity (Wildman–Crippen MR) is 209 cm³/mol. The van der Waals surface area contributed by atoms with Crippen molar-refractivity contribution >= 4 is 43.5 Å². The molecule has 0 fully saturated rings. The van der Waals surface area contributed by atoms with Gasteiger partial charge in [-0.05, 0) is 74.1 Å². The smallest absolute Gasteiger partial charge is 0.164 e. The molecule has 8 aromatic carbocycles. The van der Waals surface area contributed by atoms with E-state index in [1.807, 2.05) is 60.7 Å². The van der Waals surface area contributed by atoms with Gasteiger partial charge in [-0.15, -0.1) is 0 Å². The number of rotatable bonds is 5. The van der Waals surface area contributed by atoms with Crippen molar-refractivity contribution in [3.05, 3.63) is 176 Å². The molecule has 0 bridgehead atoms. The zero-order chi connectivity index (χ0) is 33.7. The fourth-order valence-electron chi connectivity index (χ4n) is 7.30. The molecule has 0 atom stereocenters. The first-order chi connectivity index (χ1) is 25.3. The highest BCUT2D eigenvalue weighted by molar-refractivity contribution is 6.12. The summed E-state index contributed by atoms with van der Waals surface area (Å²) in [5.74, 6) is 1.84. The third-order valence-corrected chi connectivity index (χ3v) is 9.71. The largest absolute Gasteiger partial charge is 0.456 e. The Bertz CT molecular complexity index is 2920. The molecular weight excluding hydrogens is 623 g/mol. The molecule has 51 heavy (non-hydrogen) atoms. The van der Waals surface area contributed by atoms with Crippen LogP contribution in [0.15, 0.2) is 180 Å². The van der Waals surface area contributed by atoms with Gasteiger partial charge in [-0.3, -0.25) is 0 Å². The van der Waals surface area contributed by atoms with Crippen LogP contribution in [0.3, 0.4) is 0 Å². The van der Waals surface area contributed by atoms with E-state index in [4.69, 9.17) is 19.4 Å². The number of hydrogen-bond donors (Lipinski definition) is 0. The van der Waals surface area contributed by atoms with Gasteiger partial charge in [0.15, 0.2) is 17.5 Å². The monoisotopic (exact) mass is 651 g/mol. The summed E-state index contributed by atoms with van der Waals surface area (Å²) in [6.07, 6.45) is 0. The Hall–Kier alpha value is -6.91. The van der Waals surface area contributed by atoms with Crippen LogP contribution in [0.2, 0.25) is 0 Å². The maximum absolute atomic E-state index is 6.26. The molecule has 0 spiro atoms. The van der Waals surface area contributed by atoms with Gasteiger partial charge in [0.25, 0.3) is 0 Å². The molecule has 0 aliphatic carbocycles. The lowest BCUT2D eigenvalue weighted by Gasteiger charge is -2.14. The Balaban J connectivity index is 1.20. The number of para-hydroxylation sites is 1. The average molecular weight is 652 g/mol. The van der Waals surface area contributed by atoms with Crippen LogP contribution in [0.25, 0.3) is 99.9 Å². The van der Waals surface area contributed by atoms with E-state index in [1.54, 1.807) is 0 Å². The summed E-state index contributed by atoms with van der Waals surface area (Å²) < 4.78 is 6.26. The molecule has 0 saturated carbocycles. The van der Waals surface area contributed by atoms with Crippen molar-refractivity contribution < 1.29 is 4.42 Å². The molecule has 0 N–H and O–H groups in total. The minimum atomic E-state index is 0.600. The zero-order valence-corrected chi connectivity index (χ0v) is 27.5. The van der Waals surface area contributed by atoms with E-state index in [0.29, 0.717) is 17.5 Å². The van der Waals surface area contributed by atoms with E-state index in [9.17, 15) is 0 Å². The first-order valence-electron chi connectivity index (χ1n) is 17.1. The zero-order valence-electron chi connectivity index (χ0n) is 27.5. The van der Waals surface area contributed by atoms with Crippen LogP contribution in [0.5, 0.6) is 0 Å². The number of aromatic nitrogens is 3.